The lowest BCUT2D eigenvalue weighted by Gasteiger charge is -2.20. The maximum absolute atomic E-state index is 12.0. The molecule has 0 radical (unpaired) electrons. The van der Waals surface area contributed by atoms with Gasteiger partial charge in [0.25, 0.3) is 5.91 Å². The van der Waals surface area contributed by atoms with Gasteiger partial charge in [0.2, 0.25) is 0 Å². The third kappa shape index (κ3) is 4.57. The Bertz CT molecular complexity index is 660. The zero-order valence-electron chi connectivity index (χ0n) is 13.4. The number of hydrogen-bond acceptors (Lipinski definition) is 4. The first-order valence-electron chi connectivity index (χ1n) is 7.61. The maximum atomic E-state index is 12.0. The molecule has 0 bridgehead atoms. The van der Waals surface area contributed by atoms with Gasteiger partial charge in [-0.25, -0.2) is 5.43 Å². The molecule has 0 spiro atoms. The van der Waals surface area contributed by atoms with E-state index in [0.29, 0.717) is 5.56 Å². The first kappa shape index (κ1) is 16.5. The molecule has 0 aliphatic heterocycles. The molecule has 0 atom stereocenters. The number of nitrogens with zero attached hydrogens (tertiary/aromatic N) is 2. The molecule has 0 aliphatic carbocycles. The molecule has 2 aromatic carbocycles. The highest BCUT2D eigenvalue weighted by molar-refractivity contribution is 5.95. The van der Waals surface area contributed by atoms with Crippen LogP contribution in [0.3, 0.4) is 0 Å². The van der Waals surface area contributed by atoms with E-state index in [-0.39, 0.29) is 11.7 Å². The Hall–Kier alpha value is -2.82. The van der Waals surface area contributed by atoms with E-state index in [0.717, 1.165) is 24.3 Å². The standard InChI is InChI=1S/C18H21N3O2/c1-3-21(4-2)16-9-7-15(8-10-16)18(23)20-19-13-14-5-11-17(22)12-6-14/h5-13,22H,3-4H2,1-2H3,(H,20,23)/b19-13+. The van der Waals surface area contributed by atoms with Crippen molar-refractivity contribution in [2.24, 2.45) is 5.10 Å². The van der Waals surface area contributed by atoms with Crippen LogP contribution in [0.4, 0.5) is 5.69 Å². The van der Waals surface area contributed by atoms with Gasteiger partial charge in [-0.05, 0) is 67.9 Å². The van der Waals surface area contributed by atoms with Crippen LogP contribution in [0.15, 0.2) is 53.6 Å². The number of anilines is 1. The lowest BCUT2D eigenvalue weighted by atomic mass is 10.2. The first-order valence-corrected chi connectivity index (χ1v) is 7.61. The molecule has 0 aliphatic rings. The van der Waals surface area contributed by atoms with Crippen molar-refractivity contribution in [3.05, 3.63) is 59.7 Å². The van der Waals surface area contributed by atoms with E-state index in [2.05, 4.69) is 29.3 Å². The van der Waals surface area contributed by atoms with Crippen molar-refractivity contribution in [1.29, 1.82) is 0 Å². The summed E-state index contributed by atoms with van der Waals surface area (Å²) in [5, 5.41) is 13.1. The number of rotatable bonds is 6. The van der Waals surface area contributed by atoms with Crippen LogP contribution in [0.5, 0.6) is 5.75 Å². The average molecular weight is 311 g/mol. The number of nitrogens with one attached hydrogen (secondary N) is 1. The van der Waals surface area contributed by atoms with Gasteiger partial charge >= 0.3 is 0 Å². The highest BCUT2D eigenvalue weighted by Gasteiger charge is 2.06. The molecule has 120 valence electrons. The van der Waals surface area contributed by atoms with E-state index in [1.165, 1.54) is 6.21 Å². The van der Waals surface area contributed by atoms with Crippen LogP contribution in [0.1, 0.15) is 29.8 Å². The van der Waals surface area contributed by atoms with Gasteiger partial charge in [-0.1, -0.05) is 0 Å². The summed E-state index contributed by atoms with van der Waals surface area (Å²) in [6.07, 6.45) is 1.53. The second kappa shape index (κ2) is 7.98. The topological polar surface area (TPSA) is 64.9 Å². The zero-order valence-corrected chi connectivity index (χ0v) is 13.4. The van der Waals surface area contributed by atoms with Crippen LogP contribution in [-0.4, -0.2) is 30.3 Å². The molecule has 23 heavy (non-hydrogen) atoms. The quantitative estimate of drug-likeness (QED) is 0.636. The third-order valence-electron chi connectivity index (χ3n) is 3.53. The van der Waals surface area contributed by atoms with E-state index >= 15 is 0 Å². The molecule has 2 rings (SSSR count). The molecule has 2 aromatic rings. The van der Waals surface area contributed by atoms with Crippen LogP contribution < -0.4 is 10.3 Å². The van der Waals surface area contributed by atoms with Crippen molar-refractivity contribution < 1.29 is 9.90 Å². The summed E-state index contributed by atoms with van der Waals surface area (Å²) in [6.45, 7) is 6.06. The Morgan fingerprint density at radius 1 is 1.09 bits per heavy atom. The summed E-state index contributed by atoms with van der Waals surface area (Å²) >= 11 is 0. The van der Waals surface area contributed by atoms with E-state index in [9.17, 15) is 9.90 Å². The number of hydrogen-bond donors (Lipinski definition) is 2. The second-order valence-electron chi connectivity index (χ2n) is 5.01. The minimum Gasteiger partial charge on any atom is -0.508 e. The summed E-state index contributed by atoms with van der Waals surface area (Å²) in [4.78, 5) is 14.2. The Balaban J connectivity index is 1.96. The summed E-state index contributed by atoms with van der Waals surface area (Å²) in [5.41, 5.74) is 4.94. The highest BCUT2D eigenvalue weighted by Crippen LogP contribution is 2.14. The van der Waals surface area contributed by atoms with Crippen molar-refractivity contribution in [3.8, 4) is 5.75 Å². The molecule has 0 heterocycles. The van der Waals surface area contributed by atoms with Crippen molar-refractivity contribution in [2.45, 2.75) is 13.8 Å². The molecule has 2 N–H and O–H groups in total. The second-order valence-corrected chi connectivity index (χ2v) is 5.01. The van der Waals surface area contributed by atoms with Gasteiger partial charge in [0.05, 0.1) is 6.21 Å². The number of phenols is 1. The fourth-order valence-corrected chi connectivity index (χ4v) is 2.20. The minimum atomic E-state index is -0.258. The number of carbonyl (C=O) groups is 1. The lowest BCUT2D eigenvalue weighted by Crippen LogP contribution is -2.22. The van der Waals surface area contributed by atoms with Gasteiger partial charge in [-0.15, -0.1) is 0 Å². The minimum absolute atomic E-state index is 0.194. The monoisotopic (exact) mass is 311 g/mol. The summed E-state index contributed by atoms with van der Waals surface area (Å²) < 4.78 is 0. The molecule has 5 heteroatoms. The van der Waals surface area contributed by atoms with Crippen LogP contribution in [0, 0.1) is 0 Å². The fraction of sp³-hybridized carbons (Fsp3) is 0.222. The van der Waals surface area contributed by atoms with E-state index < -0.39 is 0 Å². The molecule has 0 aromatic heterocycles. The molecule has 0 unspecified atom stereocenters. The molecular weight excluding hydrogens is 290 g/mol. The van der Waals surface area contributed by atoms with Crippen LogP contribution in [-0.2, 0) is 0 Å². The third-order valence-corrected chi connectivity index (χ3v) is 3.53. The van der Waals surface area contributed by atoms with Gasteiger partial charge in [0, 0.05) is 24.3 Å². The predicted octanol–water partition coefficient (Wildman–Crippen LogP) is 3.00. The number of hydrazone groups is 1. The van der Waals surface area contributed by atoms with Crippen LogP contribution in [0.2, 0.25) is 0 Å². The largest absolute Gasteiger partial charge is 0.508 e. The number of aromatic hydroxyl groups is 1. The SMILES string of the molecule is CCN(CC)c1ccc(C(=O)N/N=C/c2ccc(O)cc2)cc1. The number of amides is 1. The van der Waals surface area contributed by atoms with Crippen molar-refractivity contribution >= 4 is 17.8 Å². The van der Waals surface area contributed by atoms with Crippen LogP contribution in [0.25, 0.3) is 0 Å². The van der Waals surface area contributed by atoms with E-state index in [1.54, 1.807) is 36.4 Å². The summed E-state index contributed by atoms with van der Waals surface area (Å²) in [7, 11) is 0. The number of carbonyl (C=O) groups excluding carboxylic acids is 1. The van der Waals surface area contributed by atoms with E-state index in [1.807, 2.05) is 12.1 Å². The molecule has 0 saturated carbocycles. The zero-order chi connectivity index (χ0) is 16.7. The van der Waals surface area contributed by atoms with Crippen molar-refractivity contribution in [1.82, 2.24) is 5.43 Å². The van der Waals surface area contributed by atoms with Gasteiger partial charge in [-0.3, -0.25) is 4.79 Å². The average Bonchev–Trinajstić information content (AvgIpc) is 2.58. The van der Waals surface area contributed by atoms with Crippen LogP contribution >= 0.6 is 0 Å². The lowest BCUT2D eigenvalue weighted by molar-refractivity contribution is 0.0955. The van der Waals surface area contributed by atoms with Gasteiger partial charge < -0.3 is 10.0 Å². The Morgan fingerprint density at radius 3 is 2.26 bits per heavy atom. The molecule has 5 nitrogen and oxygen atoms in total. The number of benzene rings is 2. The molecular formula is C18H21N3O2. The first-order chi connectivity index (χ1) is 11.1. The summed E-state index contributed by atoms with van der Waals surface area (Å²) in [6, 6.07) is 14.0. The predicted molar refractivity (Wildman–Crippen MR) is 93.2 cm³/mol. The van der Waals surface area contributed by atoms with E-state index in [4.69, 9.17) is 0 Å². The molecule has 0 saturated heterocycles. The van der Waals surface area contributed by atoms with Gasteiger partial charge in [-0.2, -0.15) is 5.10 Å². The number of phenolic OH excluding ortho intramolecular Hbond substituents is 1. The molecule has 0 fully saturated rings. The Kier molecular flexibility index (Phi) is 5.74. The highest BCUT2D eigenvalue weighted by atomic mass is 16.3. The normalized spacial score (nSPS) is 10.7. The van der Waals surface area contributed by atoms with Gasteiger partial charge in [0.1, 0.15) is 5.75 Å². The Morgan fingerprint density at radius 2 is 1.70 bits per heavy atom. The summed E-state index contributed by atoms with van der Waals surface area (Å²) in [5.74, 6) is -0.0643. The van der Waals surface area contributed by atoms with Gasteiger partial charge in [0.15, 0.2) is 0 Å². The molecule has 1 amide bonds. The smallest absolute Gasteiger partial charge is 0.271 e. The fourth-order valence-electron chi connectivity index (χ4n) is 2.20. The Labute approximate surface area is 136 Å². The van der Waals surface area contributed by atoms with Crippen molar-refractivity contribution in [2.75, 3.05) is 18.0 Å². The van der Waals surface area contributed by atoms with Crippen molar-refractivity contribution in [3.63, 3.8) is 0 Å². The maximum Gasteiger partial charge on any atom is 0.271 e.